The van der Waals surface area contributed by atoms with E-state index in [1.807, 2.05) is 0 Å². The molecular weight excluding hydrogens is 295 g/mol. The molecule has 8 nitrogen and oxygen atoms in total. The number of ether oxygens (including phenoxy) is 1. The first-order chi connectivity index (χ1) is 8.77. The molecule has 0 radical (unpaired) electrons. The normalized spacial score (nSPS) is 23.7. The van der Waals surface area contributed by atoms with Crippen LogP contribution in [0, 0.1) is 6.92 Å². The van der Waals surface area contributed by atoms with Crippen LogP contribution in [0.5, 0.6) is 0 Å². The Morgan fingerprint density at radius 2 is 2.26 bits per heavy atom. The Morgan fingerprint density at radius 3 is 2.84 bits per heavy atom. The molecule has 1 fully saturated rings. The molecule has 1 aliphatic rings. The number of H-pyrrole nitrogens is 1. The summed E-state index contributed by atoms with van der Waals surface area (Å²) in [4.78, 5) is 42.9. The van der Waals surface area contributed by atoms with Crippen molar-refractivity contribution in [2.75, 3.05) is 5.75 Å². The zero-order valence-electron chi connectivity index (χ0n) is 9.98. The first-order valence-electron chi connectivity index (χ1n) is 5.40. The van der Waals surface area contributed by atoms with Crippen molar-refractivity contribution >= 4 is 19.4 Å². The molecule has 10 heteroatoms. The predicted molar refractivity (Wildman–Crippen MR) is 69.2 cm³/mol. The summed E-state index contributed by atoms with van der Waals surface area (Å²) in [6.45, 7) is 1.71. The molecule has 0 spiro atoms. The molecule has 3 N–H and O–H groups in total. The fourth-order valence-corrected chi connectivity index (χ4v) is 3.84. The van der Waals surface area contributed by atoms with Gasteiger partial charge >= 0.3 is 13.3 Å². The maximum absolute atomic E-state index is 11.5. The first kappa shape index (κ1) is 14.5. The lowest BCUT2D eigenvalue weighted by molar-refractivity contribution is 0.0761. The van der Waals surface area contributed by atoms with Gasteiger partial charge in [0.1, 0.15) is 0 Å². The minimum absolute atomic E-state index is 0.139. The number of hydrogen-bond acceptors (Lipinski definition) is 5. The number of thioether (sulfide) groups is 1. The maximum atomic E-state index is 11.5. The summed E-state index contributed by atoms with van der Waals surface area (Å²) in [6.07, 6.45) is 0.922. The van der Waals surface area contributed by atoms with Crippen molar-refractivity contribution in [1.82, 2.24) is 9.55 Å². The van der Waals surface area contributed by atoms with Gasteiger partial charge in [-0.05, 0) is 6.92 Å². The van der Waals surface area contributed by atoms with Crippen molar-refractivity contribution in [2.24, 2.45) is 0 Å². The van der Waals surface area contributed by atoms with Gasteiger partial charge in [-0.1, -0.05) is 0 Å². The number of rotatable bonds is 3. The number of hydrogen-bond donors (Lipinski definition) is 3. The van der Waals surface area contributed by atoms with Gasteiger partial charge in [0, 0.05) is 17.5 Å². The lowest BCUT2D eigenvalue weighted by Crippen LogP contribution is -2.34. The zero-order valence-corrected chi connectivity index (χ0v) is 11.7. The molecule has 2 heterocycles. The lowest BCUT2D eigenvalue weighted by atomic mass is 10.3. The molecule has 0 amide bonds. The Labute approximate surface area is 112 Å². The van der Waals surface area contributed by atoms with E-state index >= 15 is 0 Å². The van der Waals surface area contributed by atoms with E-state index in [0.717, 1.165) is 11.8 Å². The summed E-state index contributed by atoms with van der Waals surface area (Å²) in [7, 11) is -4.29. The van der Waals surface area contributed by atoms with E-state index in [0.29, 0.717) is 11.3 Å². The molecule has 2 atom stereocenters. The SMILES string of the molecule is Cc1cn(CC2CSC(P(=O)(O)O)O2)c(=O)[nH]c1=O. The van der Waals surface area contributed by atoms with Crippen LogP contribution < -0.4 is 11.2 Å². The molecule has 2 unspecified atom stereocenters. The minimum Gasteiger partial charge on any atom is -0.349 e. The molecule has 0 saturated carbocycles. The van der Waals surface area contributed by atoms with Gasteiger partial charge in [0.05, 0.1) is 12.6 Å². The van der Waals surface area contributed by atoms with Gasteiger partial charge < -0.3 is 14.5 Å². The van der Waals surface area contributed by atoms with E-state index in [1.165, 1.54) is 10.8 Å². The van der Waals surface area contributed by atoms with Gasteiger partial charge in [0.25, 0.3) is 5.56 Å². The molecule has 19 heavy (non-hydrogen) atoms. The fourth-order valence-electron chi connectivity index (χ4n) is 1.68. The average molecular weight is 308 g/mol. The van der Waals surface area contributed by atoms with Gasteiger partial charge in [-0.3, -0.25) is 18.9 Å². The smallest absolute Gasteiger partial charge is 0.349 e. The molecule has 1 saturated heterocycles. The molecule has 106 valence electrons. The Hall–Kier alpha value is -0.860. The Morgan fingerprint density at radius 1 is 1.58 bits per heavy atom. The van der Waals surface area contributed by atoms with Gasteiger partial charge in [-0.2, -0.15) is 0 Å². The van der Waals surface area contributed by atoms with Crippen molar-refractivity contribution in [2.45, 2.75) is 24.7 Å². The van der Waals surface area contributed by atoms with E-state index < -0.39 is 30.1 Å². The standard InChI is InChI=1S/C9H13N2O6PS/c1-5-2-11(8(13)10-7(5)12)3-6-4-19-9(17-6)18(14,15)16/h2,6,9H,3-4H2,1H3,(H,10,12,13)(H2,14,15,16). The van der Waals surface area contributed by atoms with Crippen LogP contribution in [0.3, 0.4) is 0 Å². The summed E-state index contributed by atoms with van der Waals surface area (Å²) >= 11 is 1.02. The van der Waals surface area contributed by atoms with Crippen molar-refractivity contribution in [3.05, 3.63) is 32.6 Å². The third kappa shape index (κ3) is 3.37. The van der Waals surface area contributed by atoms with E-state index in [4.69, 9.17) is 14.5 Å². The van der Waals surface area contributed by atoms with E-state index in [-0.39, 0.29) is 6.54 Å². The highest BCUT2D eigenvalue weighted by Gasteiger charge is 2.38. The molecule has 1 aromatic rings. The molecule has 0 aromatic carbocycles. The van der Waals surface area contributed by atoms with Crippen LogP contribution in [-0.4, -0.2) is 36.4 Å². The van der Waals surface area contributed by atoms with Crippen LogP contribution in [0.25, 0.3) is 0 Å². The van der Waals surface area contributed by atoms with Crippen LogP contribution in [0.4, 0.5) is 0 Å². The number of nitrogens with one attached hydrogen (secondary N) is 1. The third-order valence-electron chi connectivity index (χ3n) is 2.60. The second kappa shape index (κ2) is 5.26. The summed E-state index contributed by atoms with van der Waals surface area (Å²) in [5.74, 6) is 0.375. The number of aromatic amines is 1. The molecule has 1 aliphatic heterocycles. The van der Waals surface area contributed by atoms with Gasteiger partial charge in [-0.15, -0.1) is 11.8 Å². The molecular formula is C9H13N2O6PS. The van der Waals surface area contributed by atoms with Crippen LogP contribution >= 0.6 is 19.4 Å². The monoisotopic (exact) mass is 308 g/mol. The van der Waals surface area contributed by atoms with E-state index in [9.17, 15) is 14.2 Å². The predicted octanol–water partition coefficient (Wildman–Crippen LogP) is -0.562. The summed E-state index contributed by atoms with van der Waals surface area (Å²) < 4.78 is 17.5. The molecule has 2 rings (SSSR count). The van der Waals surface area contributed by atoms with Crippen molar-refractivity contribution in [3.63, 3.8) is 0 Å². The number of aryl methyl sites for hydroxylation is 1. The van der Waals surface area contributed by atoms with Crippen molar-refractivity contribution in [1.29, 1.82) is 0 Å². The summed E-state index contributed by atoms with van der Waals surface area (Å²) in [6, 6.07) is 0. The minimum atomic E-state index is -4.29. The molecule has 0 bridgehead atoms. The second-order valence-electron chi connectivity index (χ2n) is 4.21. The second-order valence-corrected chi connectivity index (χ2v) is 7.30. The van der Waals surface area contributed by atoms with Crippen molar-refractivity contribution < 1.29 is 19.1 Å². The topological polar surface area (TPSA) is 122 Å². The van der Waals surface area contributed by atoms with Crippen molar-refractivity contribution in [3.8, 4) is 0 Å². The summed E-state index contributed by atoms with van der Waals surface area (Å²) in [5, 5.41) is -1.18. The fraction of sp³-hybridized carbons (Fsp3) is 0.556. The highest BCUT2D eigenvalue weighted by Crippen LogP contribution is 2.51. The zero-order chi connectivity index (χ0) is 14.2. The van der Waals surface area contributed by atoms with E-state index in [2.05, 4.69) is 4.98 Å². The highest BCUT2D eigenvalue weighted by molar-refractivity contribution is 8.05. The van der Waals surface area contributed by atoms with Gasteiger partial charge in [-0.25, -0.2) is 4.79 Å². The third-order valence-corrected chi connectivity index (χ3v) is 5.50. The van der Waals surface area contributed by atoms with Crippen LogP contribution in [0.1, 0.15) is 5.56 Å². The maximum Gasteiger partial charge on any atom is 0.364 e. The largest absolute Gasteiger partial charge is 0.364 e. The van der Waals surface area contributed by atoms with Crippen LogP contribution in [0.2, 0.25) is 0 Å². The Kier molecular flexibility index (Phi) is 4.03. The first-order valence-corrected chi connectivity index (χ1v) is 8.13. The lowest BCUT2D eigenvalue weighted by Gasteiger charge is -2.14. The van der Waals surface area contributed by atoms with Crippen LogP contribution in [0.15, 0.2) is 15.8 Å². The number of nitrogens with zero attached hydrogens (tertiary/aromatic N) is 1. The van der Waals surface area contributed by atoms with Gasteiger partial charge in [0.15, 0.2) is 0 Å². The van der Waals surface area contributed by atoms with Crippen LogP contribution in [-0.2, 0) is 15.8 Å². The summed E-state index contributed by atoms with van der Waals surface area (Å²) in [5.41, 5.74) is -0.628. The molecule has 0 aliphatic carbocycles. The molecule has 1 aromatic heterocycles. The van der Waals surface area contributed by atoms with Gasteiger partial charge in [0.2, 0.25) is 5.18 Å². The number of aromatic nitrogens is 2. The average Bonchev–Trinajstić information content (AvgIpc) is 2.74. The Bertz CT molecular complexity index is 634. The Balaban J connectivity index is 2.12. The highest BCUT2D eigenvalue weighted by atomic mass is 32.2. The van der Waals surface area contributed by atoms with E-state index in [1.54, 1.807) is 6.92 Å². The quantitative estimate of drug-likeness (QED) is 0.640.